The van der Waals surface area contributed by atoms with E-state index in [-0.39, 0.29) is 18.5 Å². The van der Waals surface area contributed by atoms with Crippen molar-refractivity contribution in [2.75, 3.05) is 6.61 Å². The summed E-state index contributed by atoms with van der Waals surface area (Å²) >= 11 is 0. The monoisotopic (exact) mass is 280 g/mol. The molecular formula is C15H21FN2O2. The molecule has 1 aromatic rings. The van der Waals surface area contributed by atoms with E-state index in [0.29, 0.717) is 18.0 Å². The van der Waals surface area contributed by atoms with Crippen LogP contribution in [0, 0.1) is 18.7 Å². The van der Waals surface area contributed by atoms with Gasteiger partial charge in [0.2, 0.25) is 0 Å². The molecule has 1 atom stereocenters. The molecule has 0 aromatic heterocycles. The fraction of sp³-hybridized carbons (Fsp3) is 0.533. The SMILES string of the molecule is Cc1cc(CNC(=O)NC(C)(CO)C2CC2)ccc1F. The number of rotatable bonds is 5. The molecule has 2 rings (SSSR count). The predicted octanol–water partition coefficient (Wildman–Crippen LogP) is 2.09. The lowest BCUT2D eigenvalue weighted by Gasteiger charge is -2.28. The van der Waals surface area contributed by atoms with Gasteiger partial charge in [-0.25, -0.2) is 9.18 Å². The molecule has 5 heteroatoms. The minimum atomic E-state index is -0.553. The van der Waals surface area contributed by atoms with Crippen LogP contribution in [0.15, 0.2) is 18.2 Å². The summed E-state index contributed by atoms with van der Waals surface area (Å²) < 4.78 is 13.1. The van der Waals surface area contributed by atoms with Crippen LogP contribution in [-0.2, 0) is 6.54 Å². The maximum absolute atomic E-state index is 13.1. The molecule has 1 fully saturated rings. The van der Waals surface area contributed by atoms with Crippen LogP contribution in [-0.4, -0.2) is 23.3 Å². The molecule has 0 heterocycles. The number of amides is 2. The molecule has 3 N–H and O–H groups in total. The zero-order chi connectivity index (χ0) is 14.8. The van der Waals surface area contributed by atoms with Crippen LogP contribution in [0.25, 0.3) is 0 Å². The average molecular weight is 280 g/mol. The maximum Gasteiger partial charge on any atom is 0.315 e. The van der Waals surface area contributed by atoms with Gasteiger partial charge in [0.1, 0.15) is 5.82 Å². The number of halogens is 1. The molecule has 20 heavy (non-hydrogen) atoms. The highest BCUT2D eigenvalue weighted by atomic mass is 19.1. The molecule has 4 nitrogen and oxygen atoms in total. The Balaban J connectivity index is 1.87. The van der Waals surface area contributed by atoms with E-state index in [1.165, 1.54) is 6.07 Å². The summed E-state index contributed by atoms with van der Waals surface area (Å²) in [4.78, 5) is 11.9. The molecule has 1 unspecified atom stereocenters. The Bertz CT molecular complexity index is 503. The second-order valence-corrected chi connectivity index (χ2v) is 5.74. The van der Waals surface area contributed by atoms with Gasteiger partial charge in [-0.15, -0.1) is 0 Å². The summed E-state index contributed by atoms with van der Waals surface area (Å²) in [6, 6.07) is 4.44. The molecule has 1 aromatic carbocycles. The van der Waals surface area contributed by atoms with Crippen LogP contribution < -0.4 is 10.6 Å². The van der Waals surface area contributed by atoms with Crippen LogP contribution >= 0.6 is 0 Å². The van der Waals surface area contributed by atoms with Crippen LogP contribution in [0.3, 0.4) is 0 Å². The summed E-state index contributed by atoms with van der Waals surface area (Å²) in [5.74, 6) is 0.103. The van der Waals surface area contributed by atoms with Crippen molar-refractivity contribution in [3.8, 4) is 0 Å². The van der Waals surface area contributed by atoms with E-state index in [4.69, 9.17) is 0 Å². The molecule has 0 bridgehead atoms. The van der Waals surface area contributed by atoms with Gasteiger partial charge in [0.15, 0.2) is 0 Å². The third kappa shape index (κ3) is 3.48. The molecule has 0 radical (unpaired) electrons. The van der Waals surface area contributed by atoms with Gasteiger partial charge < -0.3 is 15.7 Å². The highest BCUT2D eigenvalue weighted by Gasteiger charge is 2.42. The Labute approximate surface area is 118 Å². The van der Waals surface area contributed by atoms with Crippen LogP contribution in [0.5, 0.6) is 0 Å². The predicted molar refractivity (Wildman–Crippen MR) is 74.7 cm³/mol. The van der Waals surface area contributed by atoms with Crippen molar-refractivity contribution in [1.29, 1.82) is 0 Å². The number of urea groups is 1. The number of carbonyl (C=O) groups is 1. The van der Waals surface area contributed by atoms with Gasteiger partial charge in [0, 0.05) is 6.54 Å². The standard InChI is InChI=1S/C15H21FN2O2/c1-10-7-11(3-6-13(10)16)8-17-14(20)18-15(2,9-19)12-4-5-12/h3,6-7,12,19H,4-5,8-9H2,1-2H3,(H2,17,18,20). The molecular weight excluding hydrogens is 259 g/mol. The smallest absolute Gasteiger partial charge is 0.315 e. The maximum atomic E-state index is 13.1. The first-order chi connectivity index (χ1) is 9.44. The lowest BCUT2D eigenvalue weighted by atomic mass is 9.97. The Hall–Kier alpha value is -1.62. The van der Waals surface area contributed by atoms with E-state index >= 15 is 0 Å². The van der Waals surface area contributed by atoms with Crippen molar-refractivity contribution in [2.45, 2.75) is 38.8 Å². The number of nitrogens with one attached hydrogen (secondary N) is 2. The van der Waals surface area contributed by atoms with Gasteiger partial charge in [-0.2, -0.15) is 0 Å². The highest BCUT2D eigenvalue weighted by molar-refractivity contribution is 5.74. The number of benzene rings is 1. The van der Waals surface area contributed by atoms with Crippen molar-refractivity contribution < 1.29 is 14.3 Å². The summed E-state index contributed by atoms with van der Waals surface area (Å²) in [5, 5.41) is 15.0. The lowest BCUT2D eigenvalue weighted by molar-refractivity contribution is 0.155. The van der Waals surface area contributed by atoms with Gasteiger partial charge in [-0.1, -0.05) is 12.1 Å². The molecule has 0 aliphatic heterocycles. The van der Waals surface area contributed by atoms with E-state index in [9.17, 15) is 14.3 Å². The van der Waals surface area contributed by atoms with Gasteiger partial charge >= 0.3 is 6.03 Å². The topological polar surface area (TPSA) is 61.4 Å². The Morgan fingerprint density at radius 1 is 1.50 bits per heavy atom. The molecule has 1 aliphatic rings. The average Bonchev–Trinajstić information content (AvgIpc) is 3.25. The van der Waals surface area contributed by atoms with Crippen molar-refractivity contribution in [2.24, 2.45) is 5.92 Å². The number of aliphatic hydroxyl groups excluding tert-OH is 1. The van der Waals surface area contributed by atoms with Gasteiger partial charge in [-0.05, 0) is 49.8 Å². The van der Waals surface area contributed by atoms with E-state index in [1.54, 1.807) is 19.1 Å². The Kier molecular flexibility index (Phi) is 4.28. The summed E-state index contributed by atoms with van der Waals surface area (Å²) in [6.45, 7) is 3.81. The molecule has 2 amide bonds. The molecule has 110 valence electrons. The number of carbonyl (C=O) groups excluding carboxylic acids is 1. The molecule has 0 saturated heterocycles. The summed E-state index contributed by atoms with van der Waals surface area (Å²) in [7, 11) is 0. The van der Waals surface area contributed by atoms with Gasteiger partial charge in [0.25, 0.3) is 0 Å². The first kappa shape index (κ1) is 14.8. The molecule has 1 saturated carbocycles. The minimum absolute atomic E-state index is 0.0687. The largest absolute Gasteiger partial charge is 0.394 e. The second-order valence-electron chi connectivity index (χ2n) is 5.74. The van der Waals surface area contributed by atoms with Crippen molar-refractivity contribution in [1.82, 2.24) is 10.6 Å². The van der Waals surface area contributed by atoms with Crippen molar-refractivity contribution >= 4 is 6.03 Å². The number of hydrogen-bond acceptors (Lipinski definition) is 2. The van der Waals surface area contributed by atoms with Crippen LogP contribution in [0.2, 0.25) is 0 Å². The molecule has 0 spiro atoms. The first-order valence-electron chi connectivity index (χ1n) is 6.86. The zero-order valence-corrected chi connectivity index (χ0v) is 11.9. The lowest BCUT2D eigenvalue weighted by Crippen LogP contribution is -2.53. The van der Waals surface area contributed by atoms with E-state index < -0.39 is 5.54 Å². The van der Waals surface area contributed by atoms with Crippen molar-refractivity contribution in [3.05, 3.63) is 35.1 Å². The number of hydrogen-bond donors (Lipinski definition) is 3. The van der Waals surface area contributed by atoms with Crippen LogP contribution in [0.4, 0.5) is 9.18 Å². The van der Waals surface area contributed by atoms with E-state index in [1.807, 2.05) is 6.92 Å². The third-order valence-electron chi connectivity index (χ3n) is 3.88. The number of aryl methyl sites for hydroxylation is 1. The quantitative estimate of drug-likeness (QED) is 0.773. The van der Waals surface area contributed by atoms with E-state index in [0.717, 1.165) is 18.4 Å². The number of aliphatic hydroxyl groups is 1. The fourth-order valence-corrected chi connectivity index (χ4v) is 2.29. The Morgan fingerprint density at radius 2 is 2.20 bits per heavy atom. The Morgan fingerprint density at radius 3 is 2.75 bits per heavy atom. The van der Waals surface area contributed by atoms with E-state index in [2.05, 4.69) is 10.6 Å². The zero-order valence-electron chi connectivity index (χ0n) is 11.9. The third-order valence-corrected chi connectivity index (χ3v) is 3.88. The highest BCUT2D eigenvalue weighted by Crippen LogP contribution is 2.39. The van der Waals surface area contributed by atoms with Crippen molar-refractivity contribution in [3.63, 3.8) is 0 Å². The second kappa shape index (κ2) is 5.79. The minimum Gasteiger partial charge on any atom is -0.394 e. The molecule has 1 aliphatic carbocycles. The van der Waals surface area contributed by atoms with Gasteiger partial charge in [-0.3, -0.25) is 0 Å². The van der Waals surface area contributed by atoms with Gasteiger partial charge in [0.05, 0.1) is 12.1 Å². The normalized spacial score (nSPS) is 17.4. The first-order valence-corrected chi connectivity index (χ1v) is 6.86. The summed E-state index contributed by atoms with van der Waals surface area (Å²) in [5.41, 5.74) is 0.849. The summed E-state index contributed by atoms with van der Waals surface area (Å²) in [6.07, 6.45) is 2.07. The fourth-order valence-electron chi connectivity index (χ4n) is 2.29. The van der Waals surface area contributed by atoms with Crippen LogP contribution in [0.1, 0.15) is 30.9 Å².